The summed E-state index contributed by atoms with van der Waals surface area (Å²) in [6.45, 7) is 3.10. The number of anilines is 1. The molecule has 2 amide bonds. The Kier molecular flexibility index (Phi) is 8.35. The summed E-state index contributed by atoms with van der Waals surface area (Å²) in [5.41, 5.74) is 3.52. The van der Waals surface area contributed by atoms with Gasteiger partial charge in [-0.25, -0.2) is 4.98 Å². The predicted octanol–water partition coefficient (Wildman–Crippen LogP) is 3.39. The van der Waals surface area contributed by atoms with Crippen molar-refractivity contribution in [2.24, 2.45) is 0 Å². The van der Waals surface area contributed by atoms with Crippen molar-refractivity contribution < 1.29 is 14.3 Å². The highest BCUT2D eigenvalue weighted by Crippen LogP contribution is 2.16. The normalized spacial score (nSPS) is 10.8. The quantitative estimate of drug-likeness (QED) is 0.493. The molecule has 0 bridgehead atoms. The maximum absolute atomic E-state index is 12.3. The van der Waals surface area contributed by atoms with E-state index in [9.17, 15) is 9.59 Å². The number of benzene rings is 2. The van der Waals surface area contributed by atoms with Crippen LogP contribution in [0.25, 0.3) is 0 Å². The van der Waals surface area contributed by atoms with Crippen molar-refractivity contribution in [3.8, 4) is 5.75 Å². The molecule has 7 nitrogen and oxygen atoms in total. The summed E-state index contributed by atoms with van der Waals surface area (Å²) in [7, 11) is 3.68. The van der Waals surface area contributed by atoms with Crippen LogP contribution in [0.2, 0.25) is 0 Å². The average molecular weight is 453 g/mol. The first-order valence-corrected chi connectivity index (χ1v) is 11.2. The lowest BCUT2D eigenvalue weighted by molar-refractivity contribution is -0.120. The van der Waals surface area contributed by atoms with Crippen LogP contribution in [0.5, 0.6) is 5.75 Å². The fraction of sp³-hybridized carbons (Fsp3) is 0.292. The van der Waals surface area contributed by atoms with Crippen molar-refractivity contribution in [2.45, 2.75) is 26.5 Å². The number of amides is 2. The number of carbonyl (C=O) groups excluding carboxylic acids is 2. The van der Waals surface area contributed by atoms with Gasteiger partial charge >= 0.3 is 0 Å². The number of nitrogens with one attached hydrogen (secondary N) is 2. The zero-order valence-electron chi connectivity index (χ0n) is 18.6. The monoisotopic (exact) mass is 452 g/mol. The van der Waals surface area contributed by atoms with Gasteiger partial charge in [0.2, 0.25) is 11.8 Å². The van der Waals surface area contributed by atoms with Crippen molar-refractivity contribution in [3.05, 3.63) is 75.7 Å². The Morgan fingerprint density at radius 3 is 2.62 bits per heavy atom. The first kappa shape index (κ1) is 23.4. The van der Waals surface area contributed by atoms with Crippen LogP contribution in [-0.4, -0.2) is 42.3 Å². The van der Waals surface area contributed by atoms with E-state index >= 15 is 0 Å². The molecule has 1 heterocycles. The van der Waals surface area contributed by atoms with Gasteiger partial charge in [-0.15, -0.1) is 11.3 Å². The van der Waals surface area contributed by atoms with E-state index in [1.54, 1.807) is 4.90 Å². The molecule has 2 N–H and O–H groups in total. The van der Waals surface area contributed by atoms with Crippen LogP contribution in [0.3, 0.4) is 0 Å². The Morgan fingerprint density at radius 2 is 1.88 bits per heavy atom. The van der Waals surface area contributed by atoms with Crippen molar-refractivity contribution >= 4 is 28.8 Å². The summed E-state index contributed by atoms with van der Waals surface area (Å²) in [6.07, 6.45) is 0.209. The molecule has 3 aromatic rings. The molecule has 0 spiro atoms. The minimum Gasteiger partial charge on any atom is -0.486 e. The fourth-order valence-electron chi connectivity index (χ4n) is 2.95. The Labute approximate surface area is 192 Å². The van der Waals surface area contributed by atoms with Crippen LogP contribution in [-0.2, 0) is 29.2 Å². The van der Waals surface area contributed by atoms with Crippen LogP contribution < -0.4 is 15.4 Å². The number of nitrogens with zero attached hydrogens (tertiary/aromatic N) is 2. The summed E-state index contributed by atoms with van der Waals surface area (Å²) in [5, 5.41) is 8.47. The van der Waals surface area contributed by atoms with Gasteiger partial charge in [0.15, 0.2) is 0 Å². The third-order valence-corrected chi connectivity index (χ3v) is 5.36. The Balaban J connectivity index is 1.44. The SMILES string of the molecule is Cc1ccc(OCc2nc(CC(=O)NCc3cccc(NC(=O)CN(C)C)c3)cs2)cc1. The highest BCUT2D eigenvalue weighted by molar-refractivity contribution is 7.09. The molecular formula is C24H28N4O3S. The molecule has 0 atom stereocenters. The van der Waals surface area contributed by atoms with Gasteiger partial charge in [0.1, 0.15) is 17.4 Å². The zero-order valence-corrected chi connectivity index (χ0v) is 19.4. The highest BCUT2D eigenvalue weighted by atomic mass is 32.1. The Morgan fingerprint density at radius 1 is 1.09 bits per heavy atom. The van der Waals surface area contributed by atoms with Crippen LogP contribution in [0.1, 0.15) is 21.8 Å². The van der Waals surface area contributed by atoms with Crippen LogP contribution in [0.4, 0.5) is 5.69 Å². The Bertz CT molecular complexity index is 1050. The van der Waals surface area contributed by atoms with E-state index in [4.69, 9.17) is 4.74 Å². The fourth-order valence-corrected chi connectivity index (χ4v) is 3.66. The molecule has 0 aliphatic heterocycles. The summed E-state index contributed by atoms with van der Waals surface area (Å²) >= 11 is 1.48. The molecule has 3 rings (SSSR count). The number of thiazole rings is 1. The van der Waals surface area contributed by atoms with Crippen molar-refractivity contribution in [1.29, 1.82) is 0 Å². The minimum atomic E-state index is -0.108. The van der Waals surface area contributed by atoms with E-state index in [0.29, 0.717) is 25.4 Å². The number of ether oxygens (including phenoxy) is 1. The topological polar surface area (TPSA) is 83.6 Å². The standard InChI is InChI=1S/C24H28N4O3S/c1-17-7-9-21(10-8-17)31-15-24-27-20(16-32-24)12-22(29)25-13-18-5-4-6-19(11-18)26-23(30)14-28(2)3/h4-11,16H,12-15H2,1-3H3,(H,25,29)(H,26,30). The Hall–Kier alpha value is -3.23. The van der Waals surface area contributed by atoms with E-state index < -0.39 is 0 Å². The smallest absolute Gasteiger partial charge is 0.238 e. The molecule has 0 aliphatic carbocycles. The second-order valence-corrected chi connectivity index (χ2v) is 8.72. The van der Waals surface area contributed by atoms with Gasteiger partial charge in [0.05, 0.1) is 18.7 Å². The molecule has 0 fully saturated rings. The molecule has 168 valence electrons. The number of carbonyl (C=O) groups is 2. The van der Waals surface area contributed by atoms with Gasteiger partial charge in [-0.2, -0.15) is 0 Å². The molecule has 0 saturated heterocycles. The predicted molar refractivity (Wildman–Crippen MR) is 127 cm³/mol. The van der Waals surface area contributed by atoms with Gasteiger partial charge in [-0.3, -0.25) is 9.59 Å². The number of hydrogen-bond donors (Lipinski definition) is 2. The lowest BCUT2D eigenvalue weighted by Crippen LogP contribution is -2.27. The van der Waals surface area contributed by atoms with E-state index in [0.717, 1.165) is 22.0 Å². The summed E-state index contributed by atoms with van der Waals surface area (Å²) in [5.74, 6) is 0.607. The first-order chi connectivity index (χ1) is 15.4. The second-order valence-electron chi connectivity index (χ2n) is 7.77. The van der Waals surface area contributed by atoms with Gasteiger partial charge in [-0.1, -0.05) is 29.8 Å². The molecule has 1 aromatic heterocycles. The number of hydrogen-bond acceptors (Lipinski definition) is 6. The largest absolute Gasteiger partial charge is 0.486 e. The number of aromatic nitrogens is 1. The highest BCUT2D eigenvalue weighted by Gasteiger charge is 2.09. The van der Waals surface area contributed by atoms with Crippen molar-refractivity contribution in [3.63, 3.8) is 0 Å². The zero-order chi connectivity index (χ0) is 22.9. The number of rotatable bonds is 10. The number of likely N-dealkylation sites (N-methyl/N-ethyl adjacent to an activating group) is 1. The lowest BCUT2D eigenvalue weighted by Gasteiger charge is -2.11. The average Bonchev–Trinajstić information content (AvgIpc) is 3.19. The van der Waals surface area contributed by atoms with Gasteiger partial charge < -0.3 is 20.3 Å². The molecule has 0 aliphatic rings. The van der Waals surface area contributed by atoms with E-state index in [-0.39, 0.29) is 18.2 Å². The molecule has 0 radical (unpaired) electrons. The van der Waals surface area contributed by atoms with Crippen molar-refractivity contribution in [1.82, 2.24) is 15.2 Å². The van der Waals surface area contributed by atoms with E-state index in [1.807, 2.05) is 74.9 Å². The van der Waals surface area contributed by atoms with E-state index in [2.05, 4.69) is 15.6 Å². The molecule has 0 saturated carbocycles. The van der Waals surface area contributed by atoms with Crippen LogP contribution >= 0.6 is 11.3 Å². The molecular weight excluding hydrogens is 424 g/mol. The van der Waals surface area contributed by atoms with Crippen LogP contribution in [0.15, 0.2) is 53.9 Å². The molecule has 32 heavy (non-hydrogen) atoms. The first-order valence-electron chi connectivity index (χ1n) is 10.3. The van der Waals surface area contributed by atoms with Gasteiger partial charge in [-0.05, 0) is 50.8 Å². The minimum absolute atomic E-state index is 0.0816. The third kappa shape index (κ3) is 7.79. The molecule has 0 unspecified atom stereocenters. The number of aryl methyl sites for hydroxylation is 1. The second kappa shape index (κ2) is 11.4. The van der Waals surface area contributed by atoms with Gasteiger partial charge in [0, 0.05) is 17.6 Å². The summed E-state index contributed by atoms with van der Waals surface area (Å²) in [6, 6.07) is 15.3. The molecule has 8 heteroatoms. The maximum Gasteiger partial charge on any atom is 0.238 e. The van der Waals surface area contributed by atoms with Gasteiger partial charge in [0.25, 0.3) is 0 Å². The van der Waals surface area contributed by atoms with Crippen molar-refractivity contribution in [2.75, 3.05) is 26.0 Å². The maximum atomic E-state index is 12.3. The third-order valence-electron chi connectivity index (χ3n) is 4.48. The lowest BCUT2D eigenvalue weighted by atomic mass is 10.2. The summed E-state index contributed by atoms with van der Waals surface area (Å²) in [4.78, 5) is 30.5. The van der Waals surface area contributed by atoms with Crippen LogP contribution in [0, 0.1) is 6.92 Å². The molecule has 2 aromatic carbocycles. The van der Waals surface area contributed by atoms with E-state index in [1.165, 1.54) is 16.9 Å². The summed E-state index contributed by atoms with van der Waals surface area (Å²) < 4.78 is 5.75.